The molecule has 17 nitrogen and oxygen atoms in total. The highest BCUT2D eigenvalue weighted by Gasteiger charge is 2.50. The zero-order valence-corrected chi connectivity index (χ0v) is 19.4. The Kier molecular flexibility index (Phi) is 9.69. The molecule has 0 bridgehead atoms. The van der Waals surface area contributed by atoms with Gasteiger partial charge in [0.2, 0.25) is 0 Å². The van der Waals surface area contributed by atoms with Gasteiger partial charge in [0.15, 0.2) is 25.2 Å². The van der Waals surface area contributed by atoms with Crippen LogP contribution in [0.1, 0.15) is 0 Å². The number of hydrogen-bond donors (Lipinski definition) is 10. The molecule has 16 atom stereocenters. The molecule has 4 saturated heterocycles. The zero-order chi connectivity index (χ0) is 27.0. The van der Waals surface area contributed by atoms with Crippen LogP contribution in [-0.4, -0.2) is 176 Å². The van der Waals surface area contributed by atoms with Gasteiger partial charge >= 0.3 is 0 Å². The fourth-order valence-electron chi connectivity index (χ4n) is 4.44. The highest BCUT2D eigenvalue weighted by atomic mass is 16.8. The zero-order valence-electron chi connectivity index (χ0n) is 19.4. The first-order chi connectivity index (χ1) is 17.5. The van der Waals surface area contributed by atoms with Gasteiger partial charge in [0.1, 0.15) is 73.2 Å². The topological polar surface area (TPSA) is 267 Å². The van der Waals surface area contributed by atoms with Gasteiger partial charge in [-0.3, -0.25) is 0 Å². The lowest BCUT2D eigenvalue weighted by Crippen LogP contribution is -2.62. The molecule has 4 fully saturated rings. The Labute approximate surface area is 209 Å². The fraction of sp³-hybridized carbons (Fsp3) is 1.00. The summed E-state index contributed by atoms with van der Waals surface area (Å²) in [5, 5.41) is 100. The third-order valence-electron chi connectivity index (χ3n) is 6.72. The van der Waals surface area contributed by atoms with Gasteiger partial charge in [0, 0.05) is 0 Å². The average molecular weight is 546 g/mol. The minimum Gasteiger partial charge on any atom is -0.394 e. The van der Waals surface area contributed by atoms with Crippen LogP contribution in [0.4, 0.5) is 0 Å². The molecule has 10 N–H and O–H groups in total. The molecule has 4 aliphatic rings. The van der Waals surface area contributed by atoms with Crippen LogP contribution < -0.4 is 0 Å². The van der Waals surface area contributed by atoms with Gasteiger partial charge in [0.25, 0.3) is 0 Å². The Morgan fingerprint density at radius 1 is 0.541 bits per heavy atom. The van der Waals surface area contributed by atoms with E-state index < -0.39 is 112 Å². The van der Waals surface area contributed by atoms with Gasteiger partial charge < -0.3 is 84.2 Å². The smallest absolute Gasteiger partial charge is 0.187 e. The lowest BCUT2D eigenvalue weighted by Gasteiger charge is -2.44. The molecule has 0 spiro atoms. The summed E-state index contributed by atoms with van der Waals surface area (Å²) in [5.74, 6) is 0. The fourth-order valence-corrected chi connectivity index (χ4v) is 4.44. The molecule has 0 aromatic rings. The first-order valence-electron chi connectivity index (χ1n) is 11.7. The maximum atomic E-state index is 10.7. The van der Waals surface area contributed by atoms with Crippen molar-refractivity contribution in [2.45, 2.75) is 98.4 Å². The average Bonchev–Trinajstić information content (AvgIpc) is 3.15. The van der Waals surface area contributed by atoms with E-state index in [2.05, 4.69) is 0 Å². The highest BCUT2D eigenvalue weighted by Crippen LogP contribution is 2.30. The second-order valence-electron chi connectivity index (χ2n) is 9.30. The lowest BCUT2D eigenvalue weighted by atomic mass is 10.0. The van der Waals surface area contributed by atoms with Gasteiger partial charge in [-0.2, -0.15) is 0 Å². The maximum Gasteiger partial charge on any atom is 0.187 e. The van der Waals surface area contributed by atoms with E-state index in [1.165, 1.54) is 0 Å². The van der Waals surface area contributed by atoms with Crippen molar-refractivity contribution >= 4 is 0 Å². The molecule has 0 radical (unpaired) electrons. The van der Waals surface area contributed by atoms with Crippen molar-refractivity contribution in [2.75, 3.05) is 26.4 Å². The summed E-state index contributed by atoms with van der Waals surface area (Å²) in [6.45, 7) is -1.71. The minimum absolute atomic E-state index is 0.330. The second-order valence-corrected chi connectivity index (χ2v) is 9.30. The minimum atomic E-state index is -1.72. The van der Waals surface area contributed by atoms with Crippen molar-refractivity contribution in [1.29, 1.82) is 0 Å². The maximum absolute atomic E-state index is 10.7. The largest absolute Gasteiger partial charge is 0.394 e. The first-order valence-corrected chi connectivity index (χ1v) is 11.7. The van der Waals surface area contributed by atoms with E-state index in [-0.39, 0.29) is 13.2 Å². The van der Waals surface area contributed by atoms with Crippen LogP contribution in [0.2, 0.25) is 0 Å². The first kappa shape index (κ1) is 29.3. The third kappa shape index (κ3) is 6.08. The van der Waals surface area contributed by atoms with Crippen LogP contribution in [-0.2, 0) is 33.2 Å². The molecule has 216 valence electrons. The SMILES string of the molecule is OC[C@@H]1OC(O[C@H]2[C@H](O)COC(O[C@@H]3COC(O[C@@H]4COC(O)[C@H](O)[C@H]4O)[C@H](O)[C@H]3O)[C@@H]2O)[C@H](O)[C@H]1O. The highest BCUT2D eigenvalue weighted by molar-refractivity contribution is 4.92. The van der Waals surface area contributed by atoms with Crippen LogP contribution >= 0.6 is 0 Å². The van der Waals surface area contributed by atoms with Crippen molar-refractivity contribution in [3.8, 4) is 0 Å². The van der Waals surface area contributed by atoms with Crippen molar-refractivity contribution in [1.82, 2.24) is 0 Å². The molecule has 4 aliphatic heterocycles. The summed E-state index contributed by atoms with van der Waals surface area (Å²) < 4.78 is 37.1. The van der Waals surface area contributed by atoms with Gasteiger partial charge in [-0.25, -0.2) is 0 Å². The van der Waals surface area contributed by atoms with E-state index in [1.54, 1.807) is 0 Å². The normalized spacial score (nSPS) is 53.4. The van der Waals surface area contributed by atoms with Crippen molar-refractivity contribution in [2.24, 2.45) is 0 Å². The van der Waals surface area contributed by atoms with Gasteiger partial charge in [-0.1, -0.05) is 0 Å². The van der Waals surface area contributed by atoms with Gasteiger partial charge in [-0.05, 0) is 0 Å². The Hall–Kier alpha value is -0.680. The van der Waals surface area contributed by atoms with E-state index in [0.717, 1.165) is 0 Å². The number of aliphatic hydroxyl groups is 10. The number of aliphatic hydroxyl groups excluding tert-OH is 10. The molecule has 4 unspecified atom stereocenters. The summed E-state index contributed by atoms with van der Waals surface area (Å²) in [6.07, 6.45) is -23.8. The van der Waals surface area contributed by atoms with E-state index in [1.807, 2.05) is 0 Å². The Morgan fingerprint density at radius 2 is 1.08 bits per heavy atom. The molecule has 4 heterocycles. The molecule has 17 heteroatoms. The molecule has 0 aromatic heterocycles. The lowest BCUT2D eigenvalue weighted by molar-refractivity contribution is -0.353. The molecular formula is C20H34O17. The van der Waals surface area contributed by atoms with Crippen LogP contribution in [0.5, 0.6) is 0 Å². The Bertz CT molecular complexity index is 731. The van der Waals surface area contributed by atoms with E-state index in [9.17, 15) is 51.1 Å². The summed E-state index contributed by atoms with van der Waals surface area (Å²) in [7, 11) is 0. The van der Waals surface area contributed by atoms with Gasteiger partial charge in [0.05, 0.1) is 26.4 Å². The number of rotatable bonds is 7. The molecule has 0 saturated carbocycles. The van der Waals surface area contributed by atoms with Crippen LogP contribution in [0.25, 0.3) is 0 Å². The molecule has 0 aromatic carbocycles. The Balaban J connectivity index is 1.32. The number of ether oxygens (including phenoxy) is 7. The summed E-state index contributed by atoms with van der Waals surface area (Å²) in [5.41, 5.74) is 0. The van der Waals surface area contributed by atoms with Crippen molar-refractivity contribution in [3.63, 3.8) is 0 Å². The molecule has 0 amide bonds. The second kappa shape index (κ2) is 12.2. The Morgan fingerprint density at radius 3 is 1.70 bits per heavy atom. The summed E-state index contributed by atoms with van der Waals surface area (Å²) in [4.78, 5) is 0. The number of hydrogen-bond acceptors (Lipinski definition) is 17. The quantitative estimate of drug-likeness (QED) is 0.142. The molecule has 4 rings (SSSR count). The third-order valence-corrected chi connectivity index (χ3v) is 6.72. The van der Waals surface area contributed by atoms with Crippen LogP contribution in [0, 0.1) is 0 Å². The monoisotopic (exact) mass is 546 g/mol. The standard InChI is InChI=1S/C20H34O17/c21-1-6-9(23)14(28)20(34-6)37-16-5(22)2-32-19(15(16)29)36-8-4-33-18(13(27)11(8)25)35-7-3-31-17(30)12(26)10(7)24/h5-30H,1-4H2/t5-,6+,7-,8-,9+,10+,11+,12-,13-,14-,15-,16+,17?,18?,19?,20?/m1/s1. The van der Waals surface area contributed by atoms with E-state index >= 15 is 0 Å². The van der Waals surface area contributed by atoms with Crippen molar-refractivity contribution < 1.29 is 84.2 Å². The molecule has 0 aliphatic carbocycles. The van der Waals surface area contributed by atoms with Crippen LogP contribution in [0.15, 0.2) is 0 Å². The summed E-state index contributed by atoms with van der Waals surface area (Å²) in [6, 6.07) is 0. The predicted molar refractivity (Wildman–Crippen MR) is 110 cm³/mol. The van der Waals surface area contributed by atoms with Crippen molar-refractivity contribution in [3.05, 3.63) is 0 Å². The molecular weight excluding hydrogens is 512 g/mol. The van der Waals surface area contributed by atoms with Gasteiger partial charge in [-0.15, -0.1) is 0 Å². The molecule has 37 heavy (non-hydrogen) atoms. The summed E-state index contributed by atoms with van der Waals surface area (Å²) >= 11 is 0. The predicted octanol–water partition coefficient (Wildman–Crippen LogP) is -7.19. The van der Waals surface area contributed by atoms with E-state index in [0.29, 0.717) is 0 Å². The van der Waals surface area contributed by atoms with E-state index in [4.69, 9.17) is 33.2 Å². The van der Waals surface area contributed by atoms with Crippen LogP contribution in [0.3, 0.4) is 0 Å².